The number of fused-ring (bicyclic) bond motifs is 1. The largest absolute Gasteiger partial charge is 0.492 e. The third-order valence-corrected chi connectivity index (χ3v) is 5.88. The van der Waals surface area contributed by atoms with Crippen molar-refractivity contribution < 1.29 is 13.5 Å². The summed E-state index contributed by atoms with van der Waals surface area (Å²) < 4.78 is 36.9. The molecule has 0 amide bonds. The van der Waals surface area contributed by atoms with Crippen LogP contribution in [0.4, 0.5) is 14.5 Å². The van der Waals surface area contributed by atoms with Crippen LogP contribution >= 0.6 is 0 Å². The summed E-state index contributed by atoms with van der Waals surface area (Å²) in [6.45, 7) is 3.42. The molecule has 3 N–H and O–H groups in total. The normalized spacial score (nSPS) is 23.4. The van der Waals surface area contributed by atoms with Crippen LogP contribution in [0.15, 0.2) is 9.59 Å². The van der Waals surface area contributed by atoms with Gasteiger partial charge in [-0.3, -0.25) is 14.3 Å². The van der Waals surface area contributed by atoms with Gasteiger partial charge in [0, 0.05) is 36.7 Å². The number of hydrogen-bond donors (Lipinski definition) is 2. The molecular weight excluding hydrogens is 370 g/mol. The summed E-state index contributed by atoms with van der Waals surface area (Å²) in [5, 5.41) is 0.0874. The van der Waals surface area contributed by atoms with Gasteiger partial charge in [-0.05, 0) is 26.7 Å². The van der Waals surface area contributed by atoms with Crippen molar-refractivity contribution in [3.8, 4) is 5.75 Å². The molecule has 1 aliphatic heterocycles. The van der Waals surface area contributed by atoms with Gasteiger partial charge >= 0.3 is 5.69 Å². The van der Waals surface area contributed by atoms with Crippen LogP contribution in [0.3, 0.4) is 0 Å². The zero-order valence-electron chi connectivity index (χ0n) is 16.1. The molecule has 1 aromatic heterocycles. The van der Waals surface area contributed by atoms with Crippen molar-refractivity contribution in [1.29, 1.82) is 0 Å². The van der Waals surface area contributed by atoms with Crippen molar-refractivity contribution in [1.82, 2.24) is 9.55 Å². The number of halogens is 2. The van der Waals surface area contributed by atoms with Crippen LogP contribution in [0.1, 0.15) is 31.4 Å². The van der Waals surface area contributed by atoms with Crippen molar-refractivity contribution in [3.63, 3.8) is 0 Å². The van der Waals surface area contributed by atoms with Crippen LogP contribution in [-0.4, -0.2) is 42.0 Å². The monoisotopic (exact) mass is 394 g/mol. The number of rotatable bonds is 4. The predicted octanol–water partition coefficient (Wildman–Crippen LogP) is 1.60. The van der Waals surface area contributed by atoms with E-state index >= 15 is 4.39 Å². The van der Waals surface area contributed by atoms with Gasteiger partial charge in [0.2, 0.25) is 0 Å². The molecule has 9 heteroatoms. The lowest BCUT2D eigenvalue weighted by molar-refractivity contribution is 0.259. The van der Waals surface area contributed by atoms with Crippen LogP contribution in [-0.2, 0) is 0 Å². The number of methoxy groups -OCH3 is 1. The van der Waals surface area contributed by atoms with Crippen LogP contribution in [0, 0.1) is 18.7 Å². The Labute approximate surface area is 160 Å². The highest BCUT2D eigenvalue weighted by molar-refractivity contribution is 5.93. The Morgan fingerprint density at radius 3 is 2.50 bits per heavy atom. The number of aryl methyl sites for hydroxylation is 1. The number of nitrogens with zero attached hydrogens (tertiary/aromatic N) is 2. The first-order valence-corrected chi connectivity index (χ1v) is 9.45. The van der Waals surface area contributed by atoms with E-state index in [1.165, 1.54) is 18.6 Å². The highest BCUT2D eigenvalue weighted by Gasteiger charge is 2.39. The summed E-state index contributed by atoms with van der Waals surface area (Å²) in [5.74, 6) is -0.996. The minimum absolute atomic E-state index is 0.0265. The van der Waals surface area contributed by atoms with Gasteiger partial charge in [-0.1, -0.05) is 0 Å². The fourth-order valence-corrected chi connectivity index (χ4v) is 4.24. The Kier molecular flexibility index (Phi) is 4.45. The summed E-state index contributed by atoms with van der Waals surface area (Å²) in [4.78, 5) is 28.8. The molecule has 0 radical (unpaired) electrons. The number of alkyl halides is 1. The van der Waals surface area contributed by atoms with Crippen molar-refractivity contribution in [3.05, 3.63) is 32.2 Å². The third kappa shape index (κ3) is 2.71. The van der Waals surface area contributed by atoms with Gasteiger partial charge in [-0.2, -0.15) is 0 Å². The molecular formula is C19H24F2N4O3. The lowest BCUT2D eigenvalue weighted by atomic mass is 10.00. The van der Waals surface area contributed by atoms with E-state index in [1.807, 2.05) is 0 Å². The Morgan fingerprint density at radius 1 is 1.29 bits per heavy atom. The second kappa shape index (κ2) is 6.58. The maximum atomic E-state index is 15.4. The standard InChI is InChI=1S/C19H24F2N4O3/c1-8-13-15(25(10-4-5-10)19(27)23-18(13)26)17(28-3)16(14(8)21)24-6-11(9(2)22)12(20)7-24/h9-12H,4-7,22H2,1-3H3,(H,23,26,27). The lowest BCUT2D eigenvalue weighted by Gasteiger charge is -2.25. The van der Waals surface area contributed by atoms with Gasteiger partial charge < -0.3 is 15.4 Å². The molecule has 0 bridgehead atoms. The van der Waals surface area contributed by atoms with Crippen molar-refractivity contribution >= 4 is 16.6 Å². The Balaban J connectivity index is 2.03. The minimum atomic E-state index is -1.20. The minimum Gasteiger partial charge on any atom is -0.492 e. The molecule has 1 saturated heterocycles. The van der Waals surface area contributed by atoms with Gasteiger partial charge in [0.15, 0.2) is 11.6 Å². The Morgan fingerprint density at radius 2 is 1.96 bits per heavy atom. The number of ether oxygens (including phenoxy) is 1. The van der Waals surface area contributed by atoms with E-state index in [-0.39, 0.29) is 53.1 Å². The van der Waals surface area contributed by atoms with E-state index < -0.39 is 29.2 Å². The first kappa shape index (κ1) is 18.9. The molecule has 1 saturated carbocycles. The third-order valence-electron chi connectivity index (χ3n) is 5.88. The summed E-state index contributed by atoms with van der Waals surface area (Å²) in [6, 6.07) is -0.453. The maximum Gasteiger partial charge on any atom is 0.329 e. The van der Waals surface area contributed by atoms with Gasteiger partial charge in [0.25, 0.3) is 5.56 Å². The predicted molar refractivity (Wildman–Crippen MR) is 103 cm³/mol. The van der Waals surface area contributed by atoms with E-state index in [0.717, 1.165) is 12.8 Å². The second-order valence-corrected chi connectivity index (χ2v) is 7.85. The molecule has 1 aliphatic carbocycles. The number of aromatic amines is 1. The van der Waals surface area contributed by atoms with Crippen molar-refractivity contribution in [2.45, 2.75) is 44.9 Å². The molecule has 0 spiro atoms. The fourth-order valence-electron chi connectivity index (χ4n) is 4.24. The maximum absolute atomic E-state index is 15.4. The van der Waals surface area contributed by atoms with Crippen LogP contribution in [0.2, 0.25) is 0 Å². The molecule has 2 aromatic rings. The SMILES string of the molecule is COc1c(N2CC(F)C(C(C)N)C2)c(F)c(C)c2c(=O)[nH]c(=O)n(C3CC3)c12. The van der Waals surface area contributed by atoms with Crippen LogP contribution in [0.25, 0.3) is 10.9 Å². The van der Waals surface area contributed by atoms with Gasteiger partial charge in [-0.15, -0.1) is 0 Å². The highest BCUT2D eigenvalue weighted by Crippen LogP contribution is 2.45. The average Bonchev–Trinajstić information content (AvgIpc) is 3.38. The molecule has 2 fully saturated rings. The van der Waals surface area contributed by atoms with Gasteiger partial charge in [-0.25, -0.2) is 13.6 Å². The quantitative estimate of drug-likeness (QED) is 0.822. The average molecular weight is 394 g/mol. The number of benzene rings is 1. The molecule has 152 valence electrons. The summed E-state index contributed by atoms with van der Waals surface area (Å²) in [5.41, 5.74) is 5.15. The molecule has 28 heavy (non-hydrogen) atoms. The van der Waals surface area contributed by atoms with E-state index in [4.69, 9.17) is 10.5 Å². The summed E-state index contributed by atoms with van der Waals surface area (Å²) >= 11 is 0. The highest BCUT2D eigenvalue weighted by atomic mass is 19.1. The smallest absolute Gasteiger partial charge is 0.329 e. The topological polar surface area (TPSA) is 93.3 Å². The molecule has 3 unspecified atom stereocenters. The first-order chi connectivity index (χ1) is 13.3. The van der Waals surface area contributed by atoms with Crippen LogP contribution in [0.5, 0.6) is 5.75 Å². The van der Waals surface area contributed by atoms with Gasteiger partial charge in [0.1, 0.15) is 17.4 Å². The Hall–Kier alpha value is -2.42. The fraction of sp³-hybridized carbons (Fsp3) is 0.579. The molecule has 3 atom stereocenters. The van der Waals surface area contributed by atoms with E-state index in [9.17, 15) is 14.0 Å². The van der Waals surface area contributed by atoms with E-state index in [0.29, 0.717) is 0 Å². The number of anilines is 1. The van der Waals surface area contributed by atoms with E-state index in [1.54, 1.807) is 11.8 Å². The molecule has 4 rings (SSSR count). The second-order valence-electron chi connectivity index (χ2n) is 7.85. The summed E-state index contributed by atoms with van der Waals surface area (Å²) in [7, 11) is 1.36. The van der Waals surface area contributed by atoms with Gasteiger partial charge in [0.05, 0.1) is 12.5 Å². The molecule has 2 aliphatic rings. The number of aromatic nitrogens is 2. The number of H-pyrrole nitrogens is 1. The molecule has 1 aromatic carbocycles. The zero-order chi connectivity index (χ0) is 20.3. The van der Waals surface area contributed by atoms with Crippen molar-refractivity contribution in [2.75, 3.05) is 25.1 Å². The zero-order valence-corrected chi connectivity index (χ0v) is 16.1. The first-order valence-electron chi connectivity index (χ1n) is 9.45. The van der Waals surface area contributed by atoms with Crippen molar-refractivity contribution in [2.24, 2.45) is 11.7 Å². The number of nitrogens with two attached hydrogens (primary N) is 1. The lowest BCUT2D eigenvalue weighted by Crippen LogP contribution is -2.33. The summed E-state index contributed by atoms with van der Waals surface area (Å²) in [6.07, 6.45) is 0.378. The number of nitrogens with one attached hydrogen (secondary N) is 1. The van der Waals surface area contributed by atoms with E-state index in [2.05, 4.69) is 4.98 Å². The molecule has 7 nitrogen and oxygen atoms in total. The van der Waals surface area contributed by atoms with Crippen LogP contribution < -0.4 is 26.6 Å². The molecule has 2 heterocycles. The number of hydrogen-bond acceptors (Lipinski definition) is 5. The Bertz CT molecular complexity index is 1060.